The number of aromatic nitrogens is 2. The highest BCUT2D eigenvalue weighted by atomic mass is 79.9. The van der Waals surface area contributed by atoms with E-state index < -0.39 is 0 Å². The predicted octanol–water partition coefficient (Wildman–Crippen LogP) is 4.45. The van der Waals surface area contributed by atoms with Crippen LogP contribution in [0.3, 0.4) is 0 Å². The first-order chi connectivity index (χ1) is 9.26. The van der Waals surface area contributed by atoms with E-state index in [9.17, 15) is 5.26 Å². The number of nitriles is 1. The lowest BCUT2D eigenvalue weighted by Gasteiger charge is -1.91. The van der Waals surface area contributed by atoms with Crippen molar-refractivity contribution >= 4 is 49.9 Å². The number of benzene rings is 1. The first-order valence-corrected chi connectivity index (χ1v) is 7.19. The van der Waals surface area contributed by atoms with Gasteiger partial charge in [0.25, 0.3) is 0 Å². The molecule has 0 fully saturated rings. The fraction of sp³-hybridized carbons (Fsp3) is 0. The highest BCUT2D eigenvalue weighted by Gasteiger charge is 2.08. The van der Waals surface area contributed by atoms with Crippen molar-refractivity contribution in [3.05, 3.63) is 50.9 Å². The van der Waals surface area contributed by atoms with Crippen LogP contribution >= 0.6 is 27.3 Å². The van der Waals surface area contributed by atoms with Crippen LogP contribution in [-0.2, 0) is 0 Å². The van der Waals surface area contributed by atoms with Crippen molar-refractivity contribution in [3.8, 4) is 6.07 Å². The lowest BCUT2D eigenvalue weighted by atomic mass is 10.2. The third-order valence-corrected chi connectivity index (χ3v) is 4.22. The summed E-state index contributed by atoms with van der Waals surface area (Å²) in [5, 5.41) is 9.29. The summed E-state index contributed by atoms with van der Waals surface area (Å²) < 4.78 is 1.04. The molecule has 0 saturated heterocycles. The van der Waals surface area contributed by atoms with Crippen molar-refractivity contribution in [3.63, 3.8) is 0 Å². The molecule has 0 saturated carbocycles. The van der Waals surface area contributed by atoms with Gasteiger partial charge in [-0.25, -0.2) is 4.98 Å². The second-order valence-electron chi connectivity index (χ2n) is 3.91. The first kappa shape index (κ1) is 12.2. The molecule has 0 atom stereocenters. The molecule has 0 amide bonds. The van der Waals surface area contributed by atoms with Gasteiger partial charge in [-0.05, 0) is 46.3 Å². The molecule has 3 aromatic rings. The van der Waals surface area contributed by atoms with Crippen LogP contribution in [0, 0.1) is 11.3 Å². The Bertz CT molecular complexity index is 774. The van der Waals surface area contributed by atoms with Gasteiger partial charge >= 0.3 is 0 Å². The van der Waals surface area contributed by atoms with Crippen LogP contribution in [0.15, 0.2) is 40.2 Å². The SMILES string of the molecule is N#C/C(=C\c1ccc(Br)s1)c1nc2ccccc2[nH]1. The molecule has 92 valence electrons. The Balaban J connectivity index is 2.07. The number of fused-ring (bicyclic) bond motifs is 1. The monoisotopic (exact) mass is 329 g/mol. The highest BCUT2D eigenvalue weighted by molar-refractivity contribution is 9.11. The van der Waals surface area contributed by atoms with Crippen molar-refractivity contribution in [2.45, 2.75) is 0 Å². The van der Waals surface area contributed by atoms with Gasteiger partial charge in [0.1, 0.15) is 11.9 Å². The zero-order chi connectivity index (χ0) is 13.2. The Morgan fingerprint density at radius 2 is 2.16 bits per heavy atom. The van der Waals surface area contributed by atoms with E-state index in [0.29, 0.717) is 11.4 Å². The van der Waals surface area contributed by atoms with E-state index in [4.69, 9.17) is 0 Å². The number of para-hydroxylation sites is 2. The van der Waals surface area contributed by atoms with Gasteiger partial charge in [0.15, 0.2) is 0 Å². The van der Waals surface area contributed by atoms with E-state index in [1.54, 1.807) is 11.3 Å². The van der Waals surface area contributed by atoms with Crippen molar-refractivity contribution in [1.29, 1.82) is 5.26 Å². The number of thiophene rings is 1. The second-order valence-corrected chi connectivity index (χ2v) is 6.41. The molecular weight excluding hydrogens is 322 g/mol. The zero-order valence-corrected chi connectivity index (χ0v) is 12.1. The van der Waals surface area contributed by atoms with E-state index in [-0.39, 0.29) is 0 Å². The summed E-state index contributed by atoms with van der Waals surface area (Å²) in [6.45, 7) is 0. The maximum Gasteiger partial charge on any atom is 0.149 e. The summed E-state index contributed by atoms with van der Waals surface area (Å²) in [5.41, 5.74) is 2.34. The van der Waals surface area contributed by atoms with Gasteiger partial charge < -0.3 is 4.98 Å². The average molecular weight is 330 g/mol. The molecule has 0 spiro atoms. The van der Waals surface area contributed by atoms with Gasteiger partial charge in [-0.3, -0.25) is 0 Å². The Labute approximate surface area is 122 Å². The summed E-state index contributed by atoms with van der Waals surface area (Å²) in [4.78, 5) is 8.62. The number of aromatic amines is 1. The molecule has 2 heterocycles. The number of allylic oxidation sites excluding steroid dienone is 1. The summed E-state index contributed by atoms with van der Waals surface area (Å²) in [5.74, 6) is 0.605. The number of nitrogens with one attached hydrogen (secondary N) is 1. The lowest BCUT2D eigenvalue weighted by Crippen LogP contribution is -1.83. The van der Waals surface area contributed by atoms with Gasteiger partial charge in [0, 0.05) is 4.88 Å². The van der Waals surface area contributed by atoms with Crippen molar-refractivity contribution < 1.29 is 0 Å². The molecule has 0 unspecified atom stereocenters. The summed E-state index contributed by atoms with van der Waals surface area (Å²) in [6.07, 6.45) is 1.84. The summed E-state index contributed by atoms with van der Waals surface area (Å²) in [7, 11) is 0. The molecule has 0 aliphatic heterocycles. The first-order valence-electron chi connectivity index (χ1n) is 5.58. The molecule has 5 heteroatoms. The molecule has 0 radical (unpaired) electrons. The minimum absolute atomic E-state index is 0.533. The minimum Gasteiger partial charge on any atom is -0.337 e. The Kier molecular flexibility index (Phi) is 3.20. The van der Waals surface area contributed by atoms with Crippen molar-refractivity contribution in [1.82, 2.24) is 9.97 Å². The van der Waals surface area contributed by atoms with E-state index in [0.717, 1.165) is 19.7 Å². The van der Waals surface area contributed by atoms with E-state index in [1.807, 2.05) is 42.5 Å². The van der Waals surface area contributed by atoms with Gasteiger partial charge in [-0.1, -0.05) is 12.1 Å². The molecule has 1 aromatic carbocycles. The fourth-order valence-corrected chi connectivity index (χ4v) is 3.15. The molecule has 0 bridgehead atoms. The zero-order valence-electron chi connectivity index (χ0n) is 9.72. The van der Waals surface area contributed by atoms with Crippen LogP contribution in [0.1, 0.15) is 10.7 Å². The lowest BCUT2D eigenvalue weighted by molar-refractivity contribution is 1.27. The minimum atomic E-state index is 0.533. The Hall–Kier alpha value is -1.90. The third kappa shape index (κ3) is 2.46. The maximum absolute atomic E-state index is 9.29. The molecule has 3 nitrogen and oxygen atoms in total. The molecule has 0 aliphatic carbocycles. The van der Waals surface area contributed by atoms with Crippen LogP contribution in [0.5, 0.6) is 0 Å². The highest BCUT2D eigenvalue weighted by Crippen LogP contribution is 2.26. The maximum atomic E-state index is 9.29. The van der Waals surface area contributed by atoms with E-state index in [1.165, 1.54) is 0 Å². The topological polar surface area (TPSA) is 52.5 Å². The molecule has 3 rings (SSSR count). The number of rotatable bonds is 2. The summed E-state index contributed by atoms with van der Waals surface area (Å²) >= 11 is 4.99. The number of H-pyrrole nitrogens is 1. The molecule has 0 aliphatic rings. The van der Waals surface area contributed by atoms with Gasteiger partial charge in [-0.15, -0.1) is 11.3 Å². The molecule has 2 aromatic heterocycles. The quantitative estimate of drug-likeness (QED) is 0.706. The number of halogens is 1. The molecular formula is C14H8BrN3S. The predicted molar refractivity (Wildman–Crippen MR) is 81.6 cm³/mol. The third-order valence-electron chi connectivity index (χ3n) is 2.65. The number of nitrogens with zero attached hydrogens (tertiary/aromatic N) is 2. The largest absolute Gasteiger partial charge is 0.337 e. The Morgan fingerprint density at radius 3 is 2.84 bits per heavy atom. The smallest absolute Gasteiger partial charge is 0.149 e. The number of imidazole rings is 1. The number of hydrogen-bond acceptors (Lipinski definition) is 3. The number of hydrogen-bond donors (Lipinski definition) is 1. The standard InChI is InChI=1S/C14H8BrN3S/c15-13-6-5-10(19-13)7-9(8-16)14-17-11-3-1-2-4-12(11)18-14/h1-7H,(H,17,18)/b9-7+. The van der Waals surface area contributed by atoms with Crippen LogP contribution in [0.4, 0.5) is 0 Å². The Morgan fingerprint density at radius 1 is 1.32 bits per heavy atom. The van der Waals surface area contributed by atoms with Crippen molar-refractivity contribution in [2.24, 2.45) is 0 Å². The van der Waals surface area contributed by atoms with Gasteiger partial charge in [0.05, 0.1) is 20.4 Å². The van der Waals surface area contributed by atoms with Crippen molar-refractivity contribution in [2.75, 3.05) is 0 Å². The average Bonchev–Trinajstić information content (AvgIpc) is 3.01. The molecule has 1 N–H and O–H groups in total. The van der Waals surface area contributed by atoms with Crippen LogP contribution in [-0.4, -0.2) is 9.97 Å². The van der Waals surface area contributed by atoms with Crippen LogP contribution in [0.2, 0.25) is 0 Å². The summed E-state index contributed by atoms with van der Waals surface area (Å²) in [6, 6.07) is 13.9. The van der Waals surface area contributed by atoms with Crippen LogP contribution in [0.25, 0.3) is 22.7 Å². The molecule has 19 heavy (non-hydrogen) atoms. The van der Waals surface area contributed by atoms with E-state index >= 15 is 0 Å². The normalized spacial score (nSPS) is 11.7. The van der Waals surface area contributed by atoms with E-state index in [2.05, 4.69) is 32.0 Å². The van der Waals surface area contributed by atoms with Gasteiger partial charge in [0.2, 0.25) is 0 Å². The van der Waals surface area contributed by atoms with Crippen LogP contribution < -0.4 is 0 Å². The van der Waals surface area contributed by atoms with Gasteiger partial charge in [-0.2, -0.15) is 5.26 Å². The fourth-order valence-electron chi connectivity index (χ4n) is 1.78. The second kappa shape index (κ2) is 5.00.